The highest BCUT2D eigenvalue weighted by atomic mass is 19.4. The van der Waals surface area contributed by atoms with Crippen molar-refractivity contribution in [3.63, 3.8) is 0 Å². The lowest BCUT2D eigenvalue weighted by molar-refractivity contribution is -0.0597. The number of amidine groups is 2. The Balaban J connectivity index is 2.90. The number of benzene rings is 1. The van der Waals surface area contributed by atoms with Crippen LogP contribution >= 0.6 is 0 Å². The molecule has 3 N–H and O–H groups in total. The van der Waals surface area contributed by atoms with Crippen LogP contribution in [0.2, 0.25) is 0 Å². The molecule has 0 fully saturated rings. The summed E-state index contributed by atoms with van der Waals surface area (Å²) in [6.45, 7) is 0. The van der Waals surface area contributed by atoms with Crippen LogP contribution in [0, 0.1) is 5.41 Å². The van der Waals surface area contributed by atoms with E-state index in [0.29, 0.717) is 5.75 Å². The first kappa shape index (κ1) is 13.0. The Labute approximate surface area is 95.4 Å². The van der Waals surface area contributed by atoms with Crippen LogP contribution in [0.3, 0.4) is 0 Å². The van der Waals surface area contributed by atoms with Crippen molar-refractivity contribution < 1.29 is 17.9 Å². The number of aliphatic imine (C=N–C) groups is 1. The zero-order valence-corrected chi connectivity index (χ0v) is 8.88. The number of nitrogens with one attached hydrogen (secondary N) is 1. The highest BCUT2D eigenvalue weighted by molar-refractivity contribution is 6.05. The number of hydrogen-bond acceptors (Lipinski definition) is 2. The van der Waals surface area contributed by atoms with Crippen LogP contribution in [-0.2, 0) is 0 Å². The van der Waals surface area contributed by atoms with E-state index in [0.717, 1.165) is 0 Å². The normalized spacial score (nSPS) is 12.4. The first-order valence-electron chi connectivity index (χ1n) is 4.49. The van der Waals surface area contributed by atoms with Crippen molar-refractivity contribution >= 4 is 11.7 Å². The summed E-state index contributed by atoms with van der Waals surface area (Å²) in [4.78, 5) is 2.99. The third-order valence-electron chi connectivity index (χ3n) is 1.89. The standard InChI is InChI=1S/C10H10F3N3O/c1-17-7-4-2-6(3-5-7)8(14)16-9(15)10(11,12)13/h2-5H,1H3,(H3,14,15,16). The summed E-state index contributed by atoms with van der Waals surface area (Å²) in [7, 11) is 1.46. The molecule has 0 aliphatic carbocycles. The number of alkyl halides is 3. The molecule has 17 heavy (non-hydrogen) atoms. The molecule has 0 spiro atoms. The van der Waals surface area contributed by atoms with Gasteiger partial charge in [-0.3, -0.25) is 5.41 Å². The second-order valence-electron chi connectivity index (χ2n) is 3.07. The van der Waals surface area contributed by atoms with E-state index in [4.69, 9.17) is 15.9 Å². The molecule has 0 bridgehead atoms. The molecular weight excluding hydrogens is 235 g/mol. The minimum absolute atomic E-state index is 0.220. The van der Waals surface area contributed by atoms with Gasteiger partial charge in [0, 0.05) is 5.56 Å². The van der Waals surface area contributed by atoms with E-state index in [-0.39, 0.29) is 5.56 Å². The van der Waals surface area contributed by atoms with Gasteiger partial charge in [-0.05, 0) is 24.3 Å². The molecule has 0 heterocycles. The summed E-state index contributed by atoms with van der Waals surface area (Å²) in [5, 5.41) is 7.36. The Morgan fingerprint density at radius 1 is 1.29 bits per heavy atom. The second-order valence-corrected chi connectivity index (χ2v) is 3.07. The highest BCUT2D eigenvalue weighted by Gasteiger charge is 2.33. The molecular formula is C10H10F3N3O. The molecule has 0 atom stereocenters. The number of rotatable bonds is 2. The highest BCUT2D eigenvalue weighted by Crippen LogP contribution is 2.16. The van der Waals surface area contributed by atoms with Crippen LogP contribution in [0.5, 0.6) is 5.75 Å². The van der Waals surface area contributed by atoms with E-state index >= 15 is 0 Å². The lowest BCUT2D eigenvalue weighted by Gasteiger charge is -2.06. The zero-order chi connectivity index (χ0) is 13.1. The van der Waals surface area contributed by atoms with Gasteiger partial charge in [-0.1, -0.05) is 0 Å². The third-order valence-corrected chi connectivity index (χ3v) is 1.89. The number of hydrogen-bond donors (Lipinski definition) is 2. The van der Waals surface area contributed by atoms with Crippen molar-refractivity contribution in [2.45, 2.75) is 6.18 Å². The molecule has 4 nitrogen and oxygen atoms in total. The van der Waals surface area contributed by atoms with Gasteiger partial charge in [0.1, 0.15) is 5.75 Å². The smallest absolute Gasteiger partial charge is 0.449 e. The molecule has 0 aromatic heterocycles. The molecule has 1 rings (SSSR count). The largest absolute Gasteiger partial charge is 0.497 e. The number of methoxy groups -OCH3 is 1. The van der Waals surface area contributed by atoms with Gasteiger partial charge in [0.15, 0.2) is 5.84 Å². The topological polar surface area (TPSA) is 71.5 Å². The van der Waals surface area contributed by atoms with Gasteiger partial charge in [-0.2, -0.15) is 13.2 Å². The Morgan fingerprint density at radius 3 is 2.24 bits per heavy atom. The van der Waals surface area contributed by atoms with Crippen molar-refractivity contribution in [2.24, 2.45) is 10.7 Å². The molecule has 0 saturated carbocycles. The first-order valence-corrected chi connectivity index (χ1v) is 4.49. The van der Waals surface area contributed by atoms with E-state index in [1.165, 1.54) is 31.4 Å². The Kier molecular flexibility index (Phi) is 3.72. The van der Waals surface area contributed by atoms with Crippen molar-refractivity contribution in [3.05, 3.63) is 29.8 Å². The Bertz CT molecular complexity index is 437. The molecule has 0 amide bonds. The fourth-order valence-corrected chi connectivity index (χ4v) is 0.997. The van der Waals surface area contributed by atoms with Crippen molar-refractivity contribution in [3.8, 4) is 5.75 Å². The maximum Gasteiger partial charge on any atom is 0.449 e. The number of halogens is 3. The van der Waals surface area contributed by atoms with E-state index in [1.807, 2.05) is 0 Å². The molecule has 0 aliphatic rings. The molecule has 1 aromatic carbocycles. The Hall–Kier alpha value is -2.05. The second kappa shape index (κ2) is 4.86. The fraction of sp³-hybridized carbons (Fsp3) is 0.200. The number of nitrogens with zero attached hydrogens (tertiary/aromatic N) is 1. The van der Waals surface area contributed by atoms with Gasteiger partial charge >= 0.3 is 6.18 Å². The third kappa shape index (κ3) is 3.47. The van der Waals surface area contributed by atoms with Gasteiger partial charge in [0.2, 0.25) is 5.84 Å². The predicted octanol–water partition coefficient (Wildman–Crippen LogP) is 1.94. The summed E-state index contributed by atoms with van der Waals surface area (Å²) in [6.07, 6.45) is -4.72. The van der Waals surface area contributed by atoms with Gasteiger partial charge in [0.25, 0.3) is 0 Å². The van der Waals surface area contributed by atoms with Crippen LogP contribution < -0.4 is 10.5 Å². The summed E-state index contributed by atoms with van der Waals surface area (Å²) >= 11 is 0. The first-order chi connectivity index (χ1) is 7.84. The molecule has 0 unspecified atom stereocenters. The van der Waals surface area contributed by atoms with E-state index < -0.39 is 17.8 Å². The number of nitrogens with two attached hydrogens (primary N) is 1. The summed E-state index contributed by atoms with van der Waals surface area (Å²) in [5.41, 5.74) is 4.92. The molecule has 7 heteroatoms. The van der Waals surface area contributed by atoms with Gasteiger partial charge in [-0.15, -0.1) is 0 Å². The lowest BCUT2D eigenvalue weighted by atomic mass is 10.2. The summed E-state index contributed by atoms with van der Waals surface area (Å²) in [5.74, 6) is -1.56. The average Bonchev–Trinajstić information content (AvgIpc) is 2.27. The maximum absolute atomic E-state index is 12.1. The molecule has 0 saturated heterocycles. The van der Waals surface area contributed by atoms with E-state index in [2.05, 4.69) is 4.99 Å². The SMILES string of the molecule is COc1ccc(C(=N)N=C(N)C(F)(F)F)cc1. The molecule has 0 aliphatic heterocycles. The summed E-state index contributed by atoms with van der Waals surface area (Å²) in [6, 6.07) is 5.88. The summed E-state index contributed by atoms with van der Waals surface area (Å²) < 4.78 is 41.1. The van der Waals surface area contributed by atoms with Crippen molar-refractivity contribution in [1.82, 2.24) is 0 Å². The van der Waals surface area contributed by atoms with Crippen LogP contribution in [-0.4, -0.2) is 25.0 Å². The van der Waals surface area contributed by atoms with Gasteiger partial charge in [-0.25, -0.2) is 4.99 Å². The monoisotopic (exact) mass is 245 g/mol. The van der Waals surface area contributed by atoms with Gasteiger partial charge < -0.3 is 10.5 Å². The van der Waals surface area contributed by atoms with Crippen molar-refractivity contribution in [2.75, 3.05) is 7.11 Å². The molecule has 1 aromatic rings. The molecule has 92 valence electrons. The predicted molar refractivity (Wildman–Crippen MR) is 57.5 cm³/mol. The minimum Gasteiger partial charge on any atom is -0.497 e. The van der Waals surface area contributed by atoms with Crippen LogP contribution in [0.4, 0.5) is 13.2 Å². The minimum atomic E-state index is -4.72. The maximum atomic E-state index is 12.1. The Morgan fingerprint density at radius 2 is 1.82 bits per heavy atom. The molecule has 0 radical (unpaired) electrons. The van der Waals surface area contributed by atoms with Gasteiger partial charge in [0.05, 0.1) is 7.11 Å². The van der Waals surface area contributed by atoms with Crippen LogP contribution in [0.1, 0.15) is 5.56 Å². The number of ether oxygens (including phenoxy) is 1. The van der Waals surface area contributed by atoms with Crippen LogP contribution in [0.15, 0.2) is 29.3 Å². The quantitative estimate of drug-likeness (QED) is 0.617. The lowest BCUT2D eigenvalue weighted by Crippen LogP contribution is -2.32. The van der Waals surface area contributed by atoms with E-state index in [1.54, 1.807) is 0 Å². The fourth-order valence-electron chi connectivity index (χ4n) is 0.997. The van der Waals surface area contributed by atoms with E-state index in [9.17, 15) is 13.2 Å². The van der Waals surface area contributed by atoms with Crippen LogP contribution in [0.25, 0.3) is 0 Å². The zero-order valence-electron chi connectivity index (χ0n) is 8.88. The van der Waals surface area contributed by atoms with Crippen molar-refractivity contribution in [1.29, 1.82) is 5.41 Å². The average molecular weight is 245 g/mol.